The second-order valence-corrected chi connectivity index (χ2v) is 3.51. The van der Waals surface area contributed by atoms with Crippen LogP contribution in [0.5, 0.6) is 0 Å². The van der Waals surface area contributed by atoms with Gasteiger partial charge in [0.25, 0.3) is 0 Å². The molecule has 0 radical (unpaired) electrons. The lowest BCUT2D eigenvalue weighted by Gasteiger charge is -2.10. The first-order valence-corrected chi connectivity index (χ1v) is 4.41. The molecule has 13 heavy (non-hydrogen) atoms. The molecule has 1 aromatic heterocycles. The average Bonchev–Trinajstić information content (AvgIpc) is 2.08. The molecule has 5 heteroatoms. The molecule has 0 amide bonds. The number of carboxylic acids is 1. The summed E-state index contributed by atoms with van der Waals surface area (Å²) in [4.78, 5) is 14.5. The van der Waals surface area contributed by atoms with E-state index < -0.39 is 12.0 Å². The molecule has 0 saturated carbocycles. The van der Waals surface area contributed by atoms with Crippen LogP contribution in [0, 0.1) is 6.92 Å². The van der Waals surface area contributed by atoms with Crippen LogP contribution in [0.4, 0.5) is 0 Å². The van der Waals surface area contributed by atoms with E-state index in [-0.39, 0.29) is 0 Å². The molecule has 0 saturated heterocycles. The number of hydrogen-bond donors (Lipinski definition) is 2. The molecule has 3 N–H and O–H groups in total. The fourth-order valence-electron chi connectivity index (χ4n) is 0.961. The molecule has 0 aromatic carbocycles. The zero-order valence-corrected chi connectivity index (χ0v) is 8.58. The SMILES string of the molecule is Cc1c(Br)cncc1C(N)C(=O)O. The van der Waals surface area contributed by atoms with Crippen molar-refractivity contribution in [1.82, 2.24) is 4.98 Å². The number of rotatable bonds is 2. The van der Waals surface area contributed by atoms with Gasteiger partial charge in [-0.1, -0.05) is 0 Å². The molecule has 0 bridgehead atoms. The van der Waals surface area contributed by atoms with Gasteiger partial charge in [-0.3, -0.25) is 9.78 Å². The van der Waals surface area contributed by atoms with Gasteiger partial charge in [0.15, 0.2) is 0 Å². The van der Waals surface area contributed by atoms with Crippen LogP contribution in [-0.2, 0) is 4.79 Å². The first kappa shape index (κ1) is 10.1. The predicted molar refractivity (Wildman–Crippen MR) is 51.2 cm³/mol. The highest BCUT2D eigenvalue weighted by atomic mass is 79.9. The Balaban J connectivity index is 3.15. The van der Waals surface area contributed by atoms with Crippen molar-refractivity contribution in [2.24, 2.45) is 5.73 Å². The third-order valence-corrected chi connectivity index (χ3v) is 2.59. The number of nitrogens with two attached hydrogens (primary N) is 1. The van der Waals surface area contributed by atoms with Crippen LogP contribution in [0.25, 0.3) is 0 Å². The largest absolute Gasteiger partial charge is 0.480 e. The fraction of sp³-hybridized carbons (Fsp3) is 0.250. The van der Waals surface area contributed by atoms with Gasteiger partial charge < -0.3 is 10.8 Å². The third kappa shape index (κ3) is 2.05. The topological polar surface area (TPSA) is 76.2 Å². The number of nitrogens with zero attached hydrogens (tertiary/aromatic N) is 1. The molecule has 4 nitrogen and oxygen atoms in total. The minimum absolute atomic E-state index is 0.530. The van der Waals surface area contributed by atoms with Crippen molar-refractivity contribution < 1.29 is 9.90 Å². The van der Waals surface area contributed by atoms with Gasteiger partial charge >= 0.3 is 5.97 Å². The lowest BCUT2D eigenvalue weighted by Crippen LogP contribution is -2.21. The highest BCUT2D eigenvalue weighted by Crippen LogP contribution is 2.21. The molecule has 0 aliphatic heterocycles. The van der Waals surface area contributed by atoms with Crippen LogP contribution in [0.3, 0.4) is 0 Å². The van der Waals surface area contributed by atoms with E-state index in [1.165, 1.54) is 6.20 Å². The molecule has 0 fully saturated rings. The van der Waals surface area contributed by atoms with Gasteiger partial charge in [0.05, 0.1) is 0 Å². The van der Waals surface area contributed by atoms with E-state index in [2.05, 4.69) is 20.9 Å². The van der Waals surface area contributed by atoms with Crippen molar-refractivity contribution in [1.29, 1.82) is 0 Å². The Bertz CT molecular complexity index is 341. The summed E-state index contributed by atoms with van der Waals surface area (Å²) in [7, 11) is 0. The Morgan fingerprint density at radius 2 is 2.31 bits per heavy atom. The molecule has 70 valence electrons. The van der Waals surface area contributed by atoms with E-state index in [0.717, 1.165) is 10.0 Å². The van der Waals surface area contributed by atoms with Gasteiger partial charge in [-0.15, -0.1) is 0 Å². The van der Waals surface area contributed by atoms with E-state index >= 15 is 0 Å². The maximum Gasteiger partial charge on any atom is 0.325 e. The summed E-state index contributed by atoms with van der Waals surface area (Å²) >= 11 is 3.25. The Hall–Kier alpha value is -0.940. The standard InChI is InChI=1S/C8H9BrN2O2/c1-4-5(7(10)8(12)13)2-11-3-6(4)9/h2-3,7H,10H2,1H3,(H,12,13). The number of carboxylic acid groups (broad SMARTS) is 1. The Kier molecular flexibility index (Phi) is 3.00. The predicted octanol–water partition coefficient (Wildman–Crippen LogP) is 1.24. The summed E-state index contributed by atoms with van der Waals surface area (Å²) in [6, 6.07) is -1.01. The quantitative estimate of drug-likeness (QED) is 0.821. The van der Waals surface area contributed by atoms with Crippen molar-refractivity contribution in [3.05, 3.63) is 28.0 Å². The molecule has 0 aliphatic rings. The second-order valence-electron chi connectivity index (χ2n) is 2.65. The molecule has 1 unspecified atom stereocenters. The number of aromatic nitrogens is 1. The molecular weight excluding hydrogens is 236 g/mol. The van der Waals surface area contributed by atoms with Crippen LogP contribution in [0.2, 0.25) is 0 Å². The minimum Gasteiger partial charge on any atom is -0.480 e. The zero-order chi connectivity index (χ0) is 10.0. The normalized spacial score (nSPS) is 12.5. The molecule has 0 aliphatic carbocycles. The summed E-state index contributed by atoms with van der Waals surface area (Å²) in [5.41, 5.74) is 6.79. The monoisotopic (exact) mass is 244 g/mol. The molecule has 1 heterocycles. The number of aliphatic carboxylic acids is 1. The van der Waals surface area contributed by atoms with E-state index in [4.69, 9.17) is 10.8 Å². The van der Waals surface area contributed by atoms with Crippen LogP contribution < -0.4 is 5.73 Å². The summed E-state index contributed by atoms with van der Waals surface area (Å²) in [5, 5.41) is 8.68. The maximum atomic E-state index is 10.6. The Morgan fingerprint density at radius 3 is 2.85 bits per heavy atom. The van der Waals surface area contributed by atoms with Crippen molar-refractivity contribution in [3.63, 3.8) is 0 Å². The highest BCUT2D eigenvalue weighted by molar-refractivity contribution is 9.10. The molecule has 1 rings (SSSR count). The summed E-state index contributed by atoms with van der Waals surface area (Å²) in [6.45, 7) is 1.80. The van der Waals surface area contributed by atoms with E-state index in [9.17, 15) is 4.79 Å². The molecule has 1 atom stereocenters. The number of carbonyl (C=O) groups is 1. The van der Waals surface area contributed by atoms with Gasteiger partial charge in [-0.25, -0.2) is 0 Å². The summed E-state index contributed by atoms with van der Waals surface area (Å²) < 4.78 is 0.765. The van der Waals surface area contributed by atoms with E-state index in [1.54, 1.807) is 13.1 Å². The van der Waals surface area contributed by atoms with E-state index in [0.29, 0.717) is 5.56 Å². The van der Waals surface area contributed by atoms with Gasteiger partial charge in [0.1, 0.15) is 6.04 Å². The van der Waals surface area contributed by atoms with Crippen molar-refractivity contribution >= 4 is 21.9 Å². The Labute approximate surface area is 83.9 Å². The molecule has 0 spiro atoms. The second kappa shape index (κ2) is 3.85. The minimum atomic E-state index is -1.05. The van der Waals surface area contributed by atoms with Crippen molar-refractivity contribution in [2.75, 3.05) is 0 Å². The van der Waals surface area contributed by atoms with E-state index in [1.807, 2.05) is 0 Å². The van der Waals surface area contributed by atoms with Gasteiger partial charge in [-0.2, -0.15) is 0 Å². The highest BCUT2D eigenvalue weighted by Gasteiger charge is 2.17. The molecular formula is C8H9BrN2O2. The first-order valence-electron chi connectivity index (χ1n) is 3.62. The number of halogens is 1. The van der Waals surface area contributed by atoms with Crippen LogP contribution >= 0.6 is 15.9 Å². The van der Waals surface area contributed by atoms with Gasteiger partial charge in [-0.05, 0) is 28.4 Å². The van der Waals surface area contributed by atoms with Crippen molar-refractivity contribution in [2.45, 2.75) is 13.0 Å². The first-order chi connectivity index (χ1) is 6.04. The third-order valence-electron chi connectivity index (χ3n) is 1.79. The smallest absolute Gasteiger partial charge is 0.325 e. The lowest BCUT2D eigenvalue weighted by molar-refractivity contribution is -0.138. The maximum absolute atomic E-state index is 10.6. The number of hydrogen-bond acceptors (Lipinski definition) is 3. The van der Waals surface area contributed by atoms with Crippen LogP contribution in [0.1, 0.15) is 17.2 Å². The average molecular weight is 245 g/mol. The summed E-state index contributed by atoms with van der Waals surface area (Å²) in [5.74, 6) is -1.05. The van der Waals surface area contributed by atoms with Gasteiger partial charge in [0, 0.05) is 22.4 Å². The van der Waals surface area contributed by atoms with Crippen LogP contribution in [-0.4, -0.2) is 16.1 Å². The summed E-state index contributed by atoms with van der Waals surface area (Å²) in [6.07, 6.45) is 3.08. The number of pyridine rings is 1. The fourth-order valence-corrected chi connectivity index (χ4v) is 1.31. The Morgan fingerprint density at radius 1 is 1.69 bits per heavy atom. The zero-order valence-electron chi connectivity index (χ0n) is 6.99. The van der Waals surface area contributed by atoms with Crippen LogP contribution in [0.15, 0.2) is 16.9 Å². The molecule has 1 aromatic rings. The van der Waals surface area contributed by atoms with Gasteiger partial charge in [0.2, 0.25) is 0 Å². The van der Waals surface area contributed by atoms with Crippen molar-refractivity contribution in [3.8, 4) is 0 Å². The lowest BCUT2D eigenvalue weighted by atomic mass is 10.1.